The van der Waals surface area contributed by atoms with Crippen LogP contribution in [0.4, 0.5) is 0 Å². The highest BCUT2D eigenvalue weighted by molar-refractivity contribution is 6.28. The summed E-state index contributed by atoms with van der Waals surface area (Å²) in [5.74, 6) is 1.16. The monoisotopic (exact) mass is 409 g/mol. The van der Waals surface area contributed by atoms with Crippen LogP contribution in [0, 0.1) is 0 Å². The fourth-order valence-electron chi connectivity index (χ4n) is 4.07. The zero-order valence-corrected chi connectivity index (χ0v) is 16.7. The Bertz CT molecular complexity index is 1510. The zero-order valence-electron chi connectivity index (χ0n) is 16.0. The minimum absolute atomic E-state index is 0.192. The van der Waals surface area contributed by atoms with Crippen LogP contribution in [0.25, 0.3) is 49.7 Å². The van der Waals surface area contributed by atoms with Gasteiger partial charge >= 0.3 is 0 Å². The third kappa shape index (κ3) is 2.80. The van der Waals surface area contributed by atoms with Gasteiger partial charge in [-0.3, -0.25) is 0 Å². The predicted octanol–water partition coefficient (Wildman–Crippen LogP) is 6.98. The molecule has 30 heavy (non-hydrogen) atoms. The number of benzene rings is 3. The minimum atomic E-state index is 0.192. The second-order valence-corrected chi connectivity index (χ2v) is 7.70. The fourth-order valence-corrected chi connectivity index (χ4v) is 4.23. The molecular weight excluding hydrogens is 394 g/mol. The molecule has 0 bridgehead atoms. The van der Waals surface area contributed by atoms with Crippen molar-refractivity contribution in [2.45, 2.75) is 12.8 Å². The Morgan fingerprint density at radius 3 is 2.57 bits per heavy atom. The lowest BCUT2D eigenvalue weighted by Gasteiger charge is -2.08. The van der Waals surface area contributed by atoms with Crippen LogP contribution >= 0.6 is 11.6 Å². The number of hydrogen-bond acceptors (Lipinski definition) is 4. The Balaban J connectivity index is 1.58. The first-order valence-corrected chi connectivity index (χ1v) is 10.3. The molecule has 5 heteroatoms. The molecule has 0 saturated heterocycles. The molecule has 2 aromatic heterocycles. The Morgan fingerprint density at radius 2 is 1.67 bits per heavy atom. The van der Waals surface area contributed by atoms with Crippen LogP contribution in [0.3, 0.4) is 0 Å². The summed E-state index contributed by atoms with van der Waals surface area (Å²) in [7, 11) is 0. The zero-order chi connectivity index (χ0) is 20.1. The van der Waals surface area contributed by atoms with Gasteiger partial charge in [-0.05, 0) is 59.5 Å². The second kappa shape index (κ2) is 6.78. The van der Waals surface area contributed by atoms with Gasteiger partial charge in [0.05, 0.1) is 0 Å². The van der Waals surface area contributed by atoms with E-state index in [2.05, 4.69) is 46.4 Å². The highest BCUT2D eigenvalue weighted by Gasteiger charge is 2.15. The molecule has 4 nitrogen and oxygen atoms in total. The number of furan rings is 1. The van der Waals surface area contributed by atoms with Crippen LogP contribution in [-0.2, 0) is 0 Å². The van der Waals surface area contributed by atoms with E-state index >= 15 is 0 Å². The average Bonchev–Trinajstić information content (AvgIpc) is 3.17. The van der Waals surface area contributed by atoms with E-state index < -0.39 is 0 Å². The quantitative estimate of drug-likeness (QED) is 0.315. The van der Waals surface area contributed by atoms with Crippen molar-refractivity contribution in [1.82, 2.24) is 15.0 Å². The second-order valence-electron chi connectivity index (χ2n) is 7.36. The van der Waals surface area contributed by atoms with Crippen molar-refractivity contribution in [2.75, 3.05) is 0 Å². The molecule has 5 aromatic rings. The summed E-state index contributed by atoms with van der Waals surface area (Å²) < 4.78 is 6.10. The normalized spacial score (nSPS) is 14.0. The molecule has 0 amide bonds. The molecule has 1 aliphatic rings. The summed E-state index contributed by atoms with van der Waals surface area (Å²) >= 11 is 6.26. The van der Waals surface area contributed by atoms with Crippen molar-refractivity contribution in [2.24, 2.45) is 0 Å². The number of aromatic nitrogens is 3. The van der Waals surface area contributed by atoms with Gasteiger partial charge in [-0.15, -0.1) is 0 Å². The molecule has 3 aromatic carbocycles. The van der Waals surface area contributed by atoms with Crippen molar-refractivity contribution in [3.8, 4) is 11.4 Å². The third-order valence-electron chi connectivity index (χ3n) is 5.48. The molecule has 6 rings (SSSR count). The molecule has 0 atom stereocenters. The topological polar surface area (TPSA) is 51.8 Å². The van der Waals surface area contributed by atoms with E-state index in [1.807, 2.05) is 36.4 Å². The number of fused-ring (bicyclic) bond motifs is 5. The Hall–Kier alpha value is -3.50. The van der Waals surface area contributed by atoms with Gasteiger partial charge in [0, 0.05) is 21.9 Å². The summed E-state index contributed by atoms with van der Waals surface area (Å²) in [6, 6.07) is 18.5. The highest BCUT2D eigenvalue weighted by atomic mass is 35.5. The van der Waals surface area contributed by atoms with E-state index in [0.717, 1.165) is 51.3 Å². The van der Waals surface area contributed by atoms with E-state index in [9.17, 15) is 0 Å². The first kappa shape index (κ1) is 17.4. The van der Waals surface area contributed by atoms with E-state index in [4.69, 9.17) is 21.0 Å². The Labute approximate surface area is 177 Å². The first-order valence-electron chi connectivity index (χ1n) is 9.89. The van der Waals surface area contributed by atoms with E-state index in [-0.39, 0.29) is 5.28 Å². The van der Waals surface area contributed by atoms with Crippen molar-refractivity contribution in [1.29, 1.82) is 0 Å². The van der Waals surface area contributed by atoms with Crippen LogP contribution in [-0.4, -0.2) is 15.0 Å². The molecular formula is C25H16ClN3O. The maximum absolute atomic E-state index is 6.26. The number of allylic oxidation sites excluding steroid dienone is 4. The first-order chi connectivity index (χ1) is 14.8. The lowest BCUT2D eigenvalue weighted by atomic mass is 10.0. The molecule has 0 N–H and O–H groups in total. The summed E-state index contributed by atoms with van der Waals surface area (Å²) in [4.78, 5) is 13.4. The average molecular weight is 410 g/mol. The Morgan fingerprint density at radius 1 is 0.800 bits per heavy atom. The van der Waals surface area contributed by atoms with Crippen LogP contribution in [0.5, 0.6) is 0 Å². The third-order valence-corrected chi connectivity index (χ3v) is 5.65. The molecule has 2 heterocycles. The summed E-state index contributed by atoms with van der Waals surface area (Å²) in [5, 5.41) is 4.67. The lowest BCUT2D eigenvalue weighted by Crippen LogP contribution is -2.00. The number of halogens is 1. The SMILES string of the molecule is Clc1nc(C2=CCCC=C2)nc(-c2ccc3oc4ccc5ccccc5c4c3c2)n1. The number of nitrogens with zero attached hydrogens (tertiary/aromatic N) is 3. The lowest BCUT2D eigenvalue weighted by molar-refractivity contribution is 0.669. The smallest absolute Gasteiger partial charge is 0.226 e. The molecule has 0 unspecified atom stereocenters. The van der Waals surface area contributed by atoms with Gasteiger partial charge in [0.1, 0.15) is 11.2 Å². The molecule has 144 valence electrons. The van der Waals surface area contributed by atoms with Gasteiger partial charge < -0.3 is 4.42 Å². The van der Waals surface area contributed by atoms with Crippen LogP contribution < -0.4 is 0 Å². The summed E-state index contributed by atoms with van der Waals surface area (Å²) in [5.41, 5.74) is 3.56. The molecule has 0 radical (unpaired) electrons. The summed E-state index contributed by atoms with van der Waals surface area (Å²) in [6.07, 6.45) is 8.31. The van der Waals surface area contributed by atoms with E-state index in [1.54, 1.807) is 0 Å². The molecule has 0 spiro atoms. The maximum Gasteiger partial charge on any atom is 0.226 e. The van der Waals surface area contributed by atoms with Crippen LogP contribution in [0.1, 0.15) is 18.7 Å². The van der Waals surface area contributed by atoms with E-state index in [0.29, 0.717) is 11.6 Å². The van der Waals surface area contributed by atoms with Gasteiger partial charge in [-0.25, -0.2) is 4.98 Å². The Kier molecular flexibility index (Phi) is 3.93. The highest BCUT2D eigenvalue weighted by Crippen LogP contribution is 2.36. The summed E-state index contributed by atoms with van der Waals surface area (Å²) in [6.45, 7) is 0. The van der Waals surface area contributed by atoms with E-state index in [1.165, 1.54) is 5.39 Å². The van der Waals surface area contributed by atoms with Gasteiger partial charge in [0.15, 0.2) is 11.6 Å². The maximum atomic E-state index is 6.26. The number of rotatable bonds is 2. The van der Waals surface area contributed by atoms with Crippen molar-refractivity contribution in [3.63, 3.8) is 0 Å². The van der Waals surface area contributed by atoms with Crippen molar-refractivity contribution < 1.29 is 4.42 Å². The van der Waals surface area contributed by atoms with Crippen molar-refractivity contribution in [3.05, 3.63) is 83.9 Å². The minimum Gasteiger partial charge on any atom is -0.456 e. The van der Waals surface area contributed by atoms with Gasteiger partial charge in [-0.2, -0.15) is 9.97 Å². The van der Waals surface area contributed by atoms with Crippen molar-refractivity contribution >= 4 is 49.9 Å². The van der Waals surface area contributed by atoms with Gasteiger partial charge in [0.2, 0.25) is 5.28 Å². The standard InChI is InChI=1S/C25H16ClN3O/c26-25-28-23(16-7-2-1-3-8-16)27-24(29-25)17-11-12-20-19(14-17)22-18-9-5-4-6-15(18)10-13-21(22)30-20/h2,4-14H,1,3H2. The molecule has 0 saturated carbocycles. The molecule has 0 fully saturated rings. The largest absolute Gasteiger partial charge is 0.456 e. The molecule has 0 aliphatic heterocycles. The molecule has 1 aliphatic carbocycles. The van der Waals surface area contributed by atoms with Gasteiger partial charge in [-0.1, -0.05) is 48.6 Å². The van der Waals surface area contributed by atoms with Crippen LogP contribution in [0.15, 0.2) is 77.2 Å². The van der Waals surface area contributed by atoms with Crippen LogP contribution in [0.2, 0.25) is 5.28 Å². The van der Waals surface area contributed by atoms with Gasteiger partial charge in [0.25, 0.3) is 0 Å². The predicted molar refractivity (Wildman–Crippen MR) is 121 cm³/mol. The number of hydrogen-bond donors (Lipinski definition) is 0. The fraction of sp³-hybridized carbons (Fsp3) is 0.0800.